The maximum Gasteiger partial charge on any atom is 0.0809 e. The van der Waals surface area contributed by atoms with Gasteiger partial charge in [-0.05, 0) is 12.0 Å². The van der Waals surface area contributed by atoms with Crippen LogP contribution in [0.3, 0.4) is 0 Å². The van der Waals surface area contributed by atoms with Gasteiger partial charge >= 0.3 is 0 Å². The number of aromatic nitrogens is 2. The summed E-state index contributed by atoms with van der Waals surface area (Å²) in [4.78, 5) is 0. The van der Waals surface area contributed by atoms with Gasteiger partial charge in [0.05, 0.1) is 11.7 Å². The molecule has 0 spiro atoms. The molecule has 4 heteroatoms. The third-order valence-electron chi connectivity index (χ3n) is 1.90. The molecule has 0 aromatic carbocycles. The van der Waals surface area contributed by atoms with E-state index in [9.17, 15) is 0 Å². The van der Waals surface area contributed by atoms with Gasteiger partial charge in [-0.3, -0.25) is 16.0 Å². The fourth-order valence-electron chi connectivity index (χ4n) is 1.22. The van der Waals surface area contributed by atoms with Crippen molar-refractivity contribution in [3.63, 3.8) is 0 Å². The van der Waals surface area contributed by atoms with Gasteiger partial charge in [-0.2, -0.15) is 5.10 Å². The molecule has 0 aliphatic carbocycles. The van der Waals surface area contributed by atoms with Crippen LogP contribution in [0.15, 0.2) is 12.3 Å². The standard InChI is InChI=1S/C8H16N4/c1-6(2)8(10-9)7-4-5-12(3)11-7/h4-6,8,10H,9H2,1-3H3. The highest BCUT2D eigenvalue weighted by Crippen LogP contribution is 2.17. The van der Waals surface area contributed by atoms with Crippen molar-refractivity contribution in [2.75, 3.05) is 0 Å². The maximum absolute atomic E-state index is 5.42. The molecule has 1 rings (SSSR count). The Labute approximate surface area is 72.7 Å². The molecule has 68 valence electrons. The molecule has 0 aliphatic rings. The Hall–Kier alpha value is -0.870. The SMILES string of the molecule is CC(C)C(NN)c1ccn(C)n1. The van der Waals surface area contributed by atoms with E-state index in [4.69, 9.17) is 5.84 Å². The monoisotopic (exact) mass is 168 g/mol. The summed E-state index contributed by atoms with van der Waals surface area (Å²) in [7, 11) is 1.90. The number of nitrogens with zero attached hydrogens (tertiary/aromatic N) is 2. The molecule has 1 heterocycles. The van der Waals surface area contributed by atoms with Crippen molar-refractivity contribution in [3.05, 3.63) is 18.0 Å². The van der Waals surface area contributed by atoms with Crippen molar-refractivity contribution in [2.45, 2.75) is 19.9 Å². The Morgan fingerprint density at radius 2 is 2.25 bits per heavy atom. The van der Waals surface area contributed by atoms with Gasteiger partial charge < -0.3 is 0 Å². The van der Waals surface area contributed by atoms with Gasteiger partial charge in [0.1, 0.15) is 0 Å². The quantitative estimate of drug-likeness (QED) is 0.513. The number of nitrogens with two attached hydrogens (primary N) is 1. The summed E-state index contributed by atoms with van der Waals surface area (Å²) in [6, 6.07) is 2.12. The molecule has 0 bridgehead atoms. The van der Waals surface area contributed by atoms with E-state index in [1.807, 2.05) is 19.3 Å². The van der Waals surface area contributed by atoms with Crippen molar-refractivity contribution in [3.8, 4) is 0 Å². The van der Waals surface area contributed by atoms with Crippen LogP contribution in [0.4, 0.5) is 0 Å². The molecule has 0 amide bonds. The van der Waals surface area contributed by atoms with Crippen LogP contribution in [0.1, 0.15) is 25.6 Å². The van der Waals surface area contributed by atoms with Crippen LogP contribution in [0, 0.1) is 5.92 Å². The molecule has 3 N–H and O–H groups in total. The summed E-state index contributed by atoms with van der Waals surface area (Å²) in [6.45, 7) is 4.22. The maximum atomic E-state index is 5.42. The van der Waals surface area contributed by atoms with E-state index in [2.05, 4.69) is 24.4 Å². The summed E-state index contributed by atoms with van der Waals surface area (Å²) >= 11 is 0. The average Bonchev–Trinajstić information content (AvgIpc) is 2.37. The Morgan fingerprint density at radius 3 is 2.58 bits per heavy atom. The summed E-state index contributed by atoms with van der Waals surface area (Å²) in [5.41, 5.74) is 3.75. The second-order valence-electron chi connectivity index (χ2n) is 3.30. The zero-order valence-corrected chi connectivity index (χ0v) is 7.78. The first kappa shape index (κ1) is 9.22. The van der Waals surface area contributed by atoms with Gasteiger partial charge in [0.15, 0.2) is 0 Å². The van der Waals surface area contributed by atoms with Crippen molar-refractivity contribution in [1.82, 2.24) is 15.2 Å². The first-order chi connectivity index (χ1) is 5.65. The van der Waals surface area contributed by atoms with Crippen LogP contribution in [0.5, 0.6) is 0 Å². The predicted molar refractivity (Wildman–Crippen MR) is 48.1 cm³/mol. The third kappa shape index (κ3) is 1.84. The lowest BCUT2D eigenvalue weighted by atomic mass is 10.0. The zero-order chi connectivity index (χ0) is 9.14. The summed E-state index contributed by atoms with van der Waals surface area (Å²) in [5.74, 6) is 5.86. The van der Waals surface area contributed by atoms with Gasteiger partial charge in [0.2, 0.25) is 0 Å². The Bertz CT molecular complexity index is 241. The molecule has 0 fully saturated rings. The fraction of sp³-hybridized carbons (Fsp3) is 0.625. The van der Waals surface area contributed by atoms with Crippen LogP contribution in [0.25, 0.3) is 0 Å². The van der Waals surface area contributed by atoms with E-state index in [1.165, 1.54) is 0 Å². The lowest BCUT2D eigenvalue weighted by molar-refractivity contribution is 0.409. The molecular weight excluding hydrogens is 152 g/mol. The average molecular weight is 168 g/mol. The van der Waals surface area contributed by atoms with Crippen molar-refractivity contribution < 1.29 is 0 Å². The van der Waals surface area contributed by atoms with Crippen LogP contribution < -0.4 is 11.3 Å². The fourth-order valence-corrected chi connectivity index (χ4v) is 1.22. The normalized spacial score (nSPS) is 13.8. The van der Waals surface area contributed by atoms with Crippen LogP contribution in [-0.4, -0.2) is 9.78 Å². The molecule has 12 heavy (non-hydrogen) atoms. The smallest absolute Gasteiger partial charge is 0.0809 e. The van der Waals surface area contributed by atoms with Crippen molar-refractivity contribution in [1.29, 1.82) is 0 Å². The highest BCUT2D eigenvalue weighted by atomic mass is 15.3. The molecule has 1 atom stereocenters. The number of rotatable bonds is 3. The molecular formula is C8H16N4. The summed E-state index contributed by atoms with van der Waals surface area (Å²) in [5, 5.41) is 4.28. The van der Waals surface area contributed by atoms with Gasteiger partial charge in [-0.25, -0.2) is 0 Å². The van der Waals surface area contributed by atoms with E-state index in [1.54, 1.807) is 4.68 Å². The lowest BCUT2D eigenvalue weighted by Gasteiger charge is -2.16. The van der Waals surface area contributed by atoms with Crippen LogP contribution in [-0.2, 0) is 7.05 Å². The minimum absolute atomic E-state index is 0.145. The van der Waals surface area contributed by atoms with E-state index in [0.717, 1.165) is 5.69 Å². The molecule has 0 radical (unpaired) electrons. The lowest BCUT2D eigenvalue weighted by Crippen LogP contribution is -2.31. The molecule has 4 nitrogen and oxygen atoms in total. The van der Waals surface area contributed by atoms with E-state index in [-0.39, 0.29) is 6.04 Å². The second-order valence-corrected chi connectivity index (χ2v) is 3.30. The molecule has 1 aromatic rings. The molecule has 0 saturated carbocycles. The molecule has 1 unspecified atom stereocenters. The molecule has 1 aromatic heterocycles. The Balaban J connectivity index is 2.80. The first-order valence-electron chi connectivity index (χ1n) is 4.11. The second kappa shape index (κ2) is 3.69. The van der Waals surface area contributed by atoms with E-state index < -0.39 is 0 Å². The number of aryl methyl sites for hydroxylation is 1. The number of nitrogens with one attached hydrogen (secondary N) is 1. The third-order valence-corrected chi connectivity index (χ3v) is 1.90. The topological polar surface area (TPSA) is 55.9 Å². The Kier molecular flexibility index (Phi) is 2.83. The van der Waals surface area contributed by atoms with Crippen LogP contribution in [0.2, 0.25) is 0 Å². The zero-order valence-electron chi connectivity index (χ0n) is 7.78. The summed E-state index contributed by atoms with van der Waals surface area (Å²) < 4.78 is 1.78. The summed E-state index contributed by atoms with van der Waals surface area (Å²) in [6.07, 6.45) is 1.92. The van der Waals surface area contributed by atoms with Crippen LogP contribution >= 0.6 is 0 Å². The minimum atomic E-state index is 0.145. The van der Waals surface area contributed by atoms with Gasteiger partial charge in [-0.15, -0.1) is 0 Å². The first-order valence-corrected chi connectivity index (χ1v) is 4.11. The Morgan fingerprint density at radius 1 is 1.58 bits per heavy atom. The van der Waals surface area contributed by atoms with Gasteiger partial charge in [0.25, 0.3) is 0 Å². The van der Waals surface area contributed by atoms with E-state index in [0.29, 0.717) is 5.92 Å². The minimum Gasteiger partial charge on any atom is -0.275 e. The highest BCUT2D eigenvalue weighted by molar-refractivity contribution is 5.05. The van der Waals surface area contributed by atoms with Gasteiger partial charge in [0, 0.05) is 13.2 Å². The predicted octanol–water partition coefficient (Wildman–Crippen LogP) is 0.581. The number of hydrogen-bond donors (Lipinski definition) is 2. The largest absolute Gasteiger partial charge is 0.275 e. The molecule has 0 aliphatic heterocycles. The number of hydrogen-bond acceptors (Lipinski definition) is 3. The molecule has 0 saturated heterocycles. The van der Waals surface area contributed by atoms with Gasteiger partial charge in [-0.1, -0.05) is 13.8 Å². The highest BCUT2D eigenvalue weighted by Gasteiger charge is 2.15. The van der Waals surface area contributed by atoms with Crippen molar-refractivity contribution >= 4 is 0 Å². The van der Waals surface area contributed by atoms with Crippen molar-refractivity contribution in [2.24, 2.45) is 18.8 Å². The number of hydrazine groups is 1. The van der Waals surface area contributed by atoms with E-state index >= 15 is 0 Å².